The summed E-state index contributed by atoms with van der Waals surface area (Å²) in [6.07, 6.45) is -24.3. The monoisotopic (exact) mass is 1090 g/mol. The Labute approximate surface area is 442 Å². The van der Waals surface area contributed by atoms with Crippen LogP contribution >= 0.6 is 0 Å². The molecule has 0 aromatic heterocycles. The van der Waals surface area contributed by atoms with Gasteiger partial charge in [-0.15, -0.1) is 0 Å². The van der Waals surface area contributed by atoms with E-state index >= 15 is 0 Å². The summed E-state index contributed by atoms with van der Waals surface area (Å²) in [6.45, 7) is 12.4. The molecule has 436 valence electrons. The number of carbonyl (C=O) groups is 1. The number of aliphatic hydroxyl groups is 14. The average molecular weight is 1090 g/mol. The van der Waals surface area contributed by atoms with Crippen molar-refractivity contribution in [3.63, 3.8) is 0 Å². The summed E-state index contributed by atoms with van der Waals surface area (Å²) in [6, 6.07) is 0. The van der Waals surface area contributed by atoms with Crippen molar-refractivity contribution < 1.29 is 114 Å². The molecule has 14 N–H and O–H groups in total. The van der Waals surface area contributed by atoms with Gasteiger partial charge in [0, 0.05) is 5.92 Å². The molecule has 4 heterocycles. The van der Waals surface area contributed by atoms with E-state index in [-0.39, 0.29) is 28.6 Å². The molecule has 8 fully saturated rings. The van der Waals surface area contributed by atoms with Crippen LogP contribution in [0.15, 0.2) is 11.6 Å². The van der Waals surface area contributed by atoms with Crippen LogP contribution in [0.1, 0.15) is 106 Å². The van der Waals surface area contributed by atoms with E-state index < -0.39 is 183 Å². The van der Waals surface area contributed by atoms with E-state index in [1.54, 1.807) is 6.92 Å². The highest BCUT2D eigenvalue weighted by atomic mass is 16.8. The fraction of sp³-hybridized carbons (Fsp3) is 0.943. The number of esters is 1. The molecular formula is C53H86O23. The maximum Gasteiger partial charge on any atom is 0.315 e. The lowest BCUT2D eigenvalue weighted by Gasteiger charge is -2.72. The third-order valence-electron chi connectivity index (χ3n) is 21.5. The van der Waals surface area contributed by atoms with Crippen molar-refractivity contribution in [3.05, 3.63) is 11.6 Å². The van der Waals surface area contributed by atoms with Gasteiger partial charge in [0.15, 0.2) is 18.9 Å². The quantitative estimate of drug-likeness (QED) is 0.0581. The summed E-state index contributed by atoms with van der Waals surface area (Å²) in [5, 5.41) is 150. The lowest BCUT2D eigenvalue weighted by atomic mass is 9.33. The molecule has 0 spiro atoms. The van der Waals surface area contributed by atoms with Gasteiger partial charge in [-0.25, -0.2) is 0 Å². The van der Waals surface area contributed by atoms with Gasteiger partial charge in [0.05, 0.1) is 43.5 Å². The maximum absolute atomic E-state index is 14.8. The van der Waals surface area contributed by atoms with Crippen molar-refractivity contribution in [2.45, 2.75) is 235 Å². The highest BCUT2D eigenvalue weighted by molar-refractivity contribution is 5.79. The number of hydrogen-bond acceptors (Lipinski definition) is 23. The molecule has 0 aromatic carbocycles. The summed E-state index contributed by atoms with van der Waals surface area (Å²) in [5.41, 5.74) is -3.28. The second kappa shape index (κ2) is 21.3. The van der Waals surface area contributed by atoms with E-state index in [1.165, 1.54) is 0 Å². The topological polar surface area (TPSA) is 374 Å². The lowest BCUT2D eigenvalue weighted by molar-refractivity contribution is -0.389. The number of aliphatic hydroxyl groups excluding tert-OH is 13. The van der Waals surface area contributed by atoms with Crippen molar-refractivity contribution in [2.24, 2.45) is 50.7 Å². The van der Waals surface area contributed by atoms with Crippen molar-refractivity contribution in [1.29, 1.82) is 0 Å². The Balaban J connectivity index is 0.989. The number of rotatable bonds is 11. The zero-order valence-corrected chi connectivity index (χ0v) is 44.6. The van der Waals surface area contributed by atoms with Crippen LogP contribution in [-0.4, -0.2) is 232 Å². The standard InChI is InChI=1S/C53H86O23/c1-22-10-15-53(47(67)76-45-39(66)36(63)33(60)27(20-56)72-45)17-16-50(5)23(42(53)52(22,7)68)8-9-29-49(4)13-12-30(48(2,3)28(49)11-14-51(29,50)6)73-46-41(75-44-38(65)35(62)32(59)26(19-55)71-44)40(24(57)21-69-46)74-43-37(64)34(61)31(58)25(18-54)70-43/h8,22,24-46,54-66,68H,9-21H2,1-7H3. The molecule has 76 heavy (non-hydrogen) atoms. The number of allylic oxidation sites excluding steroid dienone is 1. The Morgan fingerprint density at radius 2 is 1.12 bits per heavy atom. The third-order valence-corrected chi connectivity index (χ3v) is 21.5. The molecule has 23 nitrogen and oxygen atoms in total. The Morgan fingerprint density at radius 1 is 0.592 bits per heavy atom. The van der Waals surface area contributed by atoms with Gasteiger partial charge < -0.3 is 109 Å². The number of carbonyl (C=O) groups excluding carboxylic acids is 1. The second-order valence-electron chi connectivity index (χ2n) is 25.5. The van der Waals surface area contributed by atoms with E-state index in [2.05, 4.69) is 40.7 Å². The van der Waals surface area contributed by atoms with Crippen LogP contribution in [-0.2, 0) is 42.7 Å². The highest BCUT2D eigenvalue weighted by Gasteiger charge is 2.72. The van der Waals surface area contributed by atoms with Crippen LogP contribution in [0.4, 0.5) is 0 Å². The summed E-state index contributed by atoms with van der Waals surface area (Å²) in [7, 11) is 0. The third kappa shape index (κ3) is 9.18. The Kier molecular flexibility index (Phi) is 16.5. The largest absolute Gasteiger partial charge is 0.432 e. The van der Waals surface area contributed by atoms with Crippen LogP contribution in [0.25, 0.3) is 0 Å². The van der Waals surface area contributed by atoms with Crippen LogP contribution < -0.4 is 0 Å². The van der Waals surface area contributed by atoms with Crippen LogP contribution in [0.5, 0.6) is 0 Å². The molecule has 5 aliphatic carbocycles. The molecule has 0 amide bonds. The van der Waals surface area contributed by atoms with E-state index in [9.17, 15) is 76.3 Å². The summed E-state index contributed by atoms with van der Waals surface area (Å²) in [5.74, 6) is -1.39. The molecule has 9 rings (SSSR count). The van der Waals surface area contributed by atoms with Crippen molar-refractivity contribution in [2.75, 3.05) is 26.4 Å². The first-order valence-electron chi connectivity index (χ1n) is 27.4. The van der Waals surface area contributed by atoms with E-state index in [0.29, 0.717) is 44.9 Å². The molecule has 4 aliphatic heterocycles. The number of hydrogen-bond donors (Lipinski definition) is 14. The predicted molar refractivity (Wildman–Crippen MR) is 258 cm³/mol. The zero-order chi connectivity index (χ0) is 55.6. The highest BCUT2D eigenvalue weighted by Crippen LogP contribution is 2.76. The Morgan fingerprint density at radius 3 is 1.67 bits per heavy atom. The van der Waals surface area contributed by atoms with Gasteiger partial charge in [-0.05, 0) is 104 Å². The summed E-state index contributed by atoms with van der Waals surface area (Å²) < 4.78 is 48.6. The first kappa shape index (κ1) is 59.0. The first-order chi connectivity index (χ1) is 35.6. The second-order valence-corrected chi connectivity index (χ2v) is 25.5. The Hall–Kier alpha value is -1.63. The minimum atomic E-state index is -1.89. The molecule has 4 saturated carbocycles. The minimum absolute atomic E-state index is 0.0459. The van der Waals surface area contributed by atoms with Crippen molar-refractivity contribution in [3.8, 4) is 0 Å². The van der Waals surface area contributed by atoms with Crippen LogP contribution in [0.3, 0.4) is 0 Å². The van der Waals surface area contributed by atoms with Crippen molar-refractivity contribution in [1.82, 2.24) is 0 Å². The SMILES string of the molecule is CC1CCC2(C(=O)OC3OC(CO)C(O)C(O)C3O)CCC3(C)C(=CCC4C5(C)CCC(OC6OCC(O)C(OC7OC(CO)C(O)C(O)C7O)C6OC6OC(CO)C(O)C(O)C6O)C(C)(C)C5CCC43C)C2C1(C)O. The molecule has 9 aliphatic rings. The van der Waals surface area contributed by atoms with Gasteiger partial charge in [0.2, 0.25) is 6.29 Å². The normalized spacial score (nSPS) is 55.2. The van der Waals surface area contributed by atoms with Crippen molar-refractivity contribution >= 4 is 5.97 Å². The zero-order valence-electron chi connectivity index (χ0n) is 44.6. The van der Waals surface area contributed by atoms with E-state index in [4.69, 9.17) is 37.9 Å². The molecule has 23 heteroatoms. The van der Waals surface area contributed by atoms with Crippen LogP contribution in [0.2, 0.25) is 0 Å². The van der Waals surface area contributed by atoms with Gasteiger partial charge in [-0.1, -0.05) is 53.2 Å². The van der Waals surface area contributed by atoms with Gasteiger partial charge in [-0.3, -0.25) is 4.79 Å². The fourth-order valence-electron chi connectivity index (χ4n) is 16.5. The average Bonchev–Trinajstić information content (AvgIpc) is 3.48. The van der Waals surface area contributed by atoms with Crippen LogP contribution in [0, 0.1) is 50.7 Å². The molecule has 0 bridgehead atoms. The van der Waals surface area contributed by atoms with Gasteiger partial charge in [0.25, 0.3) is 0 Å². The fourth-order valence-corrected chi connectivity index (χ4v) is 16.5. The predicted octanol–water partition coefficient (Wildman–Crippen LogP) is -2.43. The van der Waals surface area contributed by atoms with Gasteiger partial charge in [0.1, 0.15) is 91.6 Å². The van der Waals surface area contributed by atoms with Gasteiger partial charge >= 0.3 is 5.97 Å². The lowest BCUT2D eigenvalue weighted by Crippen LogP contribution is -2.68. The summed E-state index contributed by atoms with van der Waals surface area (Å²) >= 11 is 0. The molecule has 0 aromatic rings. The number of ether oxygens (including phenoxy) is 8. The summed E-state index contributed by atoms with van der Waals surface area (Å²) in [4.78, 5) is 14.8. The molecule has 4 saturated heterocycles. The minimum Gasteiger partial charge on any atom is -0.432 e. The smallest absolute Gasteiger partial charge is 0.315 e. The molecular weight excluding hydrogens is 1000 g/mol. The Bertz CT molecular complexity index is 2090. The molecule has 0 radical (unpaired) electrons. The van der Waals surface area contributed by atoms with Gasteiger partial charge in [-0.2, -0.15) is 0 Å². The first-order valence-corrected chi connectivity index (χ1v) is 27.4. The number of fused-ring (bicyclic) bond motifs is 7. The maximum atomic E-state index is 14.8. The molecule has 29 unspecified atom stereocenters. The van der Waals surface area contributed by atoms with E-state index in [0.717, 1.165) is 18.4 Å². The van der Waals surface area contributed by atoms with E-state index in [1.807, 2.05) is 6.92 Å². The molecule has 29 atom stereocenters.